The van der Waals surface area contributed by atoms with Gasteiger partial charge in [0.05, 0.1) is 35.3 Å². The smallest absolute Gasteiger partial charge is 0.317 e. The Morgan fingerprint density at radius 1 is 1.03 bits per heavy atom. The second-order valence-electron chi connectivity index (χ2n) is 8.47. The van der Waals surface area contributed by atoms with Crippen molar-refractivity contribution >= 4 is 28.8 Å². The number of fused-ring (bicyclic) bond motifs is 2. The third kappa shape index (κ3) is 4.34. The van der Waals surface area contributed by atoms with Gasteiger partial charge in [-0.15, -0.1) is 5.10 Å². The van der Waals surface area contributed by atoms with Crippen molar-refractivity contribution in [2.24, 2.45) is 4.99 Å². The van der Waals surface area contributed by atoms with Crippen LogP contribution in [0.2, 0.25) is 0 Å². The first-order chi connectivity index (χ1) is 18.2. The highest BCUT2D eigenvalue weighted by Crippen LogP contribution is 2.29. The number of aliphatic imine (C=N–C) groups is 1. The van der Waals surface area contributed by atoms with E-state index in [4.69, 9.17) is 14.1 Å². The lowest BCUT2D eigenvalue weighted by molar-refractivity contribution is -0.116. The van der Waals surface area contributed by atoms with Crippen molar-refractivity contribution in [1.29, 1.82) is 0 Å². The van der Waals surface area contributed by atoms with Gasteiger partial charge >= 0.3 is 6.01 Å². The van der Waals surface area contributed by atoms with Crippen molar-refractivity contribution in [3.05, 3.63) is 95.8 Å². The second kappa shape index (κ2) is 9.67. The Kier molecular flexibility index (Phi) is 5.91. The molecule has 0 unspecified atom stereocenters. The van der Waals surface area contributed by atoms with Crippen LogP contribution in [0.3, 0.4) is 0 Å². The lowest BCUT2D eigenvalue weighted by Crippen LogP contribution is -2.32. The number of methoxy groups -OCH3 is 1. The highest BCUT2D eigenvalue weighted by atomic mass is 16.5. The zero-order chi connectivity index (χ0) is 25.2. The van der Waals surface area contributed by atoms with Gasteiger partial charge < -0.3 is 19.8 Å². The second-order valence-corrected chi connectivity index (χ2v) is 8.47. The normalized spacial score (nSPS) is 15.1. The van der Waals surface area contributed by atoms with Crippen LogP contribution in [0.15, 0.2) is 88.5 Å². The predicted molar refractivity (Wildman–Crippen MR) is 139 cm³/mol. The monoisotopic (exact) mass is 493 g/mol. The molecule has 1 amide bonds. The number of carbonyl (C=O) groups is 1. The van der Waals surface area contributed by atoms with Crippen molar-refractivity contribution in [2.45, 2.75) is 12.6 Å². The molecule has 0 saturated carbocycles. The van der Waals surface area contributed by atoms with Crippen LogP contribution in [0.5, 0.6) is 0 Å². The number of anilines is 2. The first-order valence-electron chi connectivity index (χ1n) is 11.8. The molecule has 0 spiro atoms. The average molecular weight is 494 g/mol. The minimum Gasteiger partial charge on any atom is -0.403 e. The maximum Gasteiger partial charge on any atom is 0.317 e. The van der Waals surface area contributed by atoms with Gasteiger partial charge in [-0.1, -0.05) is 59.7 Å². The van der Waals surface area contributed by atoms with Gasteiger partial charge in [0.1, 0.15) is 0 Å². The van der Waals surface area contributed by atoms with Gasteiger partial charge in [0.15, 0.2) is 0 Å². The Labute approximate surface area is 212 Å². The molecule has 0 fully saturated rings. The zero-order valence-corrected chi connectivity index (χ0v) is 20.0. The number of pyridine rings is 1. The summed E-state index contributed by atoms with van der Waals surface area (Å²) in [6.07, 6.45) is 3.26. The third-order valence-corrected chi connectivity index (χ3v) is 6.11. The van der Waals surface area contributed by atoms with Crippen molar-refractivity contribution < 1.29 is 13.9 Å². The van der Waals surface area contributed by atoms with Gasteiger partial charge in [0.25, 0.3) is 11.8 Å². The molecule has 2 aromatic carbocycles. The molecule has 0 bridgehead atoms. The molecule has 2 N–H and O–H groups in total. The Balaban J connectivity index is 1.34. The molecule has 10 heteroatoms. The third-order valence-electron chi connectivity index (χ3n) is 6.11. The lowest BCUT2D eigenvalue weighted by atomic mass is 10.0. The molecule has 4 heterocycles. The lowest BCUT2D eigenvalue weighted by Gasteiger charge is -2.11. The summed E-state index contributed by atoms with van der Waals surface area (Å²) in [5.41, 5.74) is 5.67. The number of hydrogen-bond donors (Lipinski definition) is 2. The number of amides is 1. The quantitative estimate of drug-likeness (QED) is 0.354. The van der Waals surface area contributed by atoms with E-state index in [0.29, 0.717) is 30.0 Å². The molecule has 10 nitrogen and oxygen atoms in total. The largest absolute Gasteiger partial charge is 0.403 e. The maximum atomic E-state index is 13.1. The molecule has 5 aromatic rings. The van der Waals surface area contributed by atoms with Gasteiger partial charge in [-0.05, 0) is 24.1 Å². The van der Waals surface area contributed by atoms with Crippen molar-refractivity contribution in [1.82, 2.24) is 19.8 Å². The Morgan fingerprint density at radius 2 is 1.86 bits per heavy atom. The van der Waals surface area contributed by atoms with E-state index in [-0.39, 0.29) is 17.8 Å². The predicted octanol–water partition coefficient (Wildman–Crippen LogP) is 3.80. The van der Waals surface area contributed by atoms with Gasteiger partial charge in [0.2, 0.25) is 6.17 Å². The number of aromatic nitrogens is 4. The zero-order valence-electron chi connectivity index (χ0n) is 20.0. The molecule has 1 atom stereocenters. The average Bonchev–Trinajstić information content (AvgIpc) is 3.55. The van der Waals surface area contributed by atoms with Crippen LogP contribution in [0, 0.1) is 0 Å². The number of benzene rings is 2. The topological polar surface area (TPSA) is 119 Å². The summed E-state index contributed by atoms with van der Waals surface area (Å²) in [5.74, 6) is -0.0529. The highest BCUT2D eigenvalue weighted by Gasteiger charge is 2.27. The Bertz CT molecular complexity index is 1610. The van der Waals surface area contributed by atoms with Gasteiger partial charge in [-0.3, -0.25) is 4.79 Å². The summed E-state index contributed by atoms with van der Waals surface area (Å²) >= 11 is 0. The Hall–Kier alpha value is -4.83. The van der Waals surface area contributed by atoms with E-state index in [2.05, 4.69) is 25.9 Å². The van der Waals surface area contributed by atoms with Crippen LogP contribution in [0.4, 0.5) is 11.7 Å². The maximum absolute atomic E-state index is 13.1. The summed E-state index contributed by atoms with van der Waals surface area (Å²) in [4.78, 5) is 17.9. The summed E-state index contributed by atoms with van der Waals surface area (Å²) in [6, 6.07) is 21.3. The number of ether oxygens (including phenoxy) is 1. The standard InChI is InChI=1S/C27H23N7O3/c1-36-15-13-18-10-7-14-34-23(18)20(16-28-34)26-32-33-27(37-26)31-24-25(35)29-21-12-6-5-11-19(21)22(30-24)17-8-3-2-4-9-17/h2-12,14,16,24H,13,15H2,1H3,(H,29,35)(H,31,33)/t24-/m1/s1. The number of rotatable bonds is 7. The number of carbonyl (C=O) groups excluding carboxylic acids is 1. The van der Waals surface area contributed by atoms with Crippen LogP contribution < -0.4 is 10.6 Å². The molecule has 0 saturated heterocycles. The van der Waals surface area contributed by atoms with Crippen LogP contribution in [0.25, 0.3) is 17.0 Å². The van der Waals surface area contributed by atoms with Crippen LogP contribution >= 0.6 is 0 Å². The summed E-state index contributed by atoms with van der Waals surface area (Å²) in [7, 11) is 1.67. The fraction of sp³-hybridized carbons (Fsp3) is 0.148. The molecular formula is C27H23N7O3. The minimum atomic E-state index is -0.989. The summed E-state index contributed by atoms with van der Waals surface area (Å²) in [5, 5.41) is 18.7. The van der Waals surface area contributed by atoms with E-state index in [1.54, 1.807) is 17.8 Å². The molecule has 0 aliphatic carbocycles. The fourth-order valence-corrected chi connectivity index (χ4v) is 4.37. The molecule has 6 rings (SSSR count). The van der Waals surface area contributed by atoms with Crippen LogP contribution in [0.1, 0.15) is 16.7 Å². The molecule has 184 valence electrons. The number of nitrogens with zero attached hydrogens (tertiary/aromatic N) is 5. The number of para-hydroxylation sites is 1. The van der Waals surface area contributed by atoms with Crippen molar-refractivity contribution in [3.63, 3.8) is 0 Å². The highest BCUT2D eigenvalue weighted by molar-refractivity contribution is 6.19. The van der Waals surface area contributed by atoms with Crippen LogP contribution in [-0.4, -0.2) is 51.3 Å². The minimum absolute atomic E-state index is 0.0750. The van der Waals surface area contributed by atoms with Gasteiger partial charge in [0, 0.05) is 24.4 Å². The SMILES string of the molecule is COCCc1cccn2ncc(-c3nnc(N[C@H]4N=C(c5ccccc5)c5ccccc5NC4=O)o3)c12. The number of benzodiazepines with no additional fused rings is 1. The summed E-state index contributed by atoms with van der Waals surface area (Å²) in [6.45, 7) is 0.571. The number of hydrogen-bond acceptors (Lipinski definition) is 8. The van der Waals surface area contributed by atoms with Crippen molar-refractivity contribution in [3.8, 4) is 11.5 Å². The van der Waals surface area contributed by atoms with E-state index in [0.717, 1.165) is 22.2 Å². The van der Waals surface area contributed by atoms with E-state index in [1.165, 1.54) is 0 Å². The molecular weight excluding hydrogens is 470 g/mol. The van der Waals surface area contributed by atoms with E-state index in [9.17, 15) is 4.79 Å². The molecule has 1 aliphatic rings. The number of nitrogens with one attached hydrogen (secondary N) is 2. The summed E-state index contributed by atoms with van der Waals surface area (Å²) < 4.78 is 13.0. The first kappa shape index (κ1) is 22.6. The molecule has 3 aromatic heterocycles. The van der Waals surface area contributed by atoms with E-state index >= 15 is 0 Å². The molecule has 0 radical (unpaired) electrons. The Morgan fingerprint density at radius 3 is 2.73 bits per heavy atom. The fourth-order valence-electron chi connectivity index (χ4n) is 4.37. The van der Waals surface area contributed by atoms with Gasteiger partial charge in [-0.25, -0.2) is 9.51 Å². The van der Waals surface area contributed by atoms with Crippen LogP contribution in [-0.2, 0) is 16.0 Å². The van der Waals surface area contributed by atoms with Gasteiger partial charge in [-0.2, -0.15) is 5.10 Å². The van der Waals surface area contributed by atoms with Crippen molar-refractivity contribution in [2.75, 3.05) is 24.4 Å². The van der Waals surface area contributed by atoms with E-state index < -0.39 is 6.17 Å². The first-order valence-corrected chi connectivity index (χ1v) is 11.8. The van der Waals surface area contributed by atoms with E-state index in [1.807, 2.05) is 72.9 Å². The molecule has 1 aliphatic heterocycles. The molecule has 37 heavy (non-hydrogen) atoms.